The third-order valence-corrected chi connectivity index (χ3v) is 1.19. The van der Waals surface area contributed by atoms with Crippen LogP contribution in [-0.4, -0.2) is 7.11 Å². The van der Waals surface area contributed by atoms with Crippen LogP contribution in [-0.2, 0) is 19.5 Å². The van der Waals surface area contributed by atoms with E-state index in [4.69, 9.17) is 16.3 Å². The molecule has 0 aliphatic carbocycles. The number of halogens is 2. The minimum absolute atomic E-state index is 0. The van der Waals surface area contributed by atoms with E-state index >= 15 is 0 Å². The van der Waals surface area contributed by atoms with Gasteiger partial charge in [0.1, 0.15) is 0 Å². The predicted octanol–water partition coefficient (Wildman–Crippen LogP) is -0.850. The van der Waals surface area contributed by atoms with Gasteiger partial charge in [-0.05, 0) is 0 Å². The van der Waals surface area contributed by atoms with Gasteiger partial charge < -0.3 is 28.7 Å². The van der Waals surface area contributed by atoms with E-state index in [1.807, 2.05) is 0 Å². The van der Waals surface area contributed by atoms with Crippen LogP contribution in [0.5, 0.6) is 5.75 Å². The standard InChI is InChI=1S/C7H6ClO.HI.Zn/c1-9-7-4-2-3-6(8)5-7;;/h2-3,5H,1H3;1H;/q-1;;+2/p-1. The van der Waals surface area contributed by atoms with E-state index in [1.54, 1.807) is 25.3 Å². The van der Waals surface area contributed by atoms with E-state index in [1.165, 1.54) is 0 Å². The summed E-state index contributed by atoms with van der Waals surface area (Å²) in [6, 6.07) is 8.04. The maximum absolute atomic E-state index is 5.62. The zero-order chi connectivity index (χ0) is 6.69. The van der Waals surface area contributed by atoms with Gasteiger partial charge >= 0.3 is 19.5 Å². The third-order valence-electron chi connectivity index (χ3n) is 0.957. The molecule has 0 saturated carbocycles. The van der Waals surface area contributed by atoms with E-state index in [9.17, 15) is 0 Å². The van der Waals surface area contributed by atoms with E-state index in [-0.39, 0.29) is 43.5 Å². The van der Waals surface area contributed by atoms with Crippen molar-refractivity contribution in [2.24, 2.45) is 0 Å². The first kappa shape index (κ1) is 14.2. The Kier molecular flexibility index (Phi) is 9.45. The van der Waals surface area contributed by atoms with Crippen LogP contribution in [0.2, 0.25) is 5.02 Å². The van der Waals surface area contributed by atoms with Gasteiger partial charge in [0.25, 0.3) is 0 Å². The van der Waals surface area contributed by atoms with Crippen molar-refractivity contribution in [2.45, 2.75) is 0 Å². The summed E-state index contributed by atoms with van der Waals surface area (Å²) < 4.78 is 4.86. The van der Waals surface area contributed by atoms with Crippen LogP contribution in [0.15, 0.2) is 18.2 Å². The molecule has 0 aromatic heterocycles. The van der Waals surface area contributed by atoms with E-state index in [0.717, 1.165) is 0 Å². The van der Waals surface area contributed by atoms with Gasteiger partial charge in [0, 0.05) is 5.75 Å². The molecule has 0 saturated heterocycles. The molecule has 1 nitrogen and oxygen atoms in total. The first-order valence-corrected chi connectivity index (χ1v) is 2.92. The monoisotopic (exact) mass is 332 g/mol. The molecule has 0 atom stereocenters. The minimum Gasteiger partial charge on any atom is -1.00 e. The fourth-order valence-corrected chi connectivity index (χ4v) is 0.698. The largest absolute Gasteiger partial charge is 2.00 e. The molecule has 56 valence electrons. The quantitative estimate of drug-likeness (QED) is 0.370. The van der Waals surface area contributed by atoms with Crippen LogP contribution in [0.4, 0.5) is 0 Å². The van der Waals surface area contributed by atoms with Gasteiger partial charge in [0.2, 0.25) is 0 Å². The summed E-state index contributed by atoms with van der Waals surface area (Å²) in [6.45, 7) is 0. The van der Waals surface area contributed by atoms with Crippen LogP contribution < -0.4 is 28.7 Å². The molecule has 0 amide bonds. The molecule has 0 heterocycles. The Labute approximate surface area is 101 Å². The summed E-state index contributed by atoms with van der Waals surface area (Å²) >= 11 is 5.62. The first-order chi connectivity index (χ1) is 4.33. The molecule has 4 heteroatoms. The van der Waals surface area contributed by atoms with Gasteiger partial charge in [-0.15, -0.1) is 23.7 Å². The molecule has 1 aromatic rings. The summed E-state index contributed by atoms with van der Waals surface area (Å²) in [4.78, 5) is 0. The molecule has 11 heavy (non-hydrogen) atoms. The molecule has 0 radical (unpaired) electrons. The second kappa shape index (κ2) is 7.32. The van der Waals surface area contributed by atoms with Gasteiger partial charge in [0.05, 0.1) is 7.11 Å². The number of hydrogen-bond donors (Lipinski definition) is 0. The second-order valence-electron chi connectivity index (χ2n) is 1.58. The molecule has 1 aromatic carbocycles. The van der Waals surface area contributed by atoms with Crippen LogP contribution in [0.3, 0.4) is 0 Å². The summed E-state index contributed by atoms with van der Waals surface area (Å²) in [6.07, 6.45) is 0. The molecule has 0 bridgehead atoms. The van der Waals surface area contributed by atoms with Crippen LogP contribution >= 0.6 is 11.6 Å². The Morgan fingerprint density at radius 2 is 2.18 bits per heavy atom. The second-order valence-corrected chi connectivity index (χ2v) is 2.01. The van der Waals surface area contributed by atoms with Gasteiger partial charge in [-0.25, -0.2) is 0 Å². The van der Waals surface area contributed by atoms with Crippen LogP contribution in [0, 0.1) is 6.07 Å². The Bertz CT molecular complexity index is 207. The zero-order valence-electron chi connectivity index (χ0n) is 6.10. The van der Waals surface area contributed by atoms with E-state index < -0.39 is 0 Å². The average molecular weight is 334 g/mol. The van der Waals surface area contributed by atoms with Crippen molar-refractivity contribution in [3.05, 3.63) is 29.3 Å². The summed E-state index contributed by atoms with van der Waals surface area (Å²) in [5.41, 5.74) is 0. The molecule has 0 fully saturated rings. The van der Waals surface area contributed by atoms with Gasteiger partial charge in [0.15, 0.2) is 0 Å². The van der Waals surface area contributed by atoms with Gasteiger partial charge in [-0.3, -0.25) is 0 Å². The maximum atomic E-state index is 5.62. The first-order valence-electron chi connectivity index (χ1n) is 2.54. The van der Waals surface area contributed by atoms with E-state index in [0.29, 0.717) is 10.8 Å². The van der Waals surface area contributed by atoms with E-state index in [2.05, 4.69) is 6.07 Å². The van der Waals surface area contributed by atoms with Crippen molar-refractivity contribution in [1.82, 2.24) is 0 Å². The molecule has 0 unspecified atom stereocenters. The molecule has 0 aliphatic rings. The smallest absolute Gasteiger partial charge is 1.00 e. The normalized spacial score (nSPS) is 7.45. The molecule has 0 N–H and O–H groups in total. The Morgan fingerprint density at radius 3 is 2.55 bits per heavy atom. The Hall–Kier alpha value is 0.663. The maximum Gasteiger partial charge on any atom is 2.00 e. The summed E-state index contributed by atoms with van der Waals surface area (Å²) in [5, 5.41) is 0.672. The Morgan fingerprint density at radius 1 is 1.55 bits per heavy atom. The molecule has 0 aliphatic heterocycles. The third kappa shape index (κ3) is 4.99. The number of rotatable bonds is 1. The van der Waals surface area contributed by atoms with Crippen molar-refractivity contribution in [1.29, 1.82) is 0 Å². The fourth-order valence-electron chi connectivity index (χ4n) is 0.536. The van der Waals surface area contributed by atoms with Gasteiger partial charge in [-0.2, -0.15) is 12.1 Å². The molecular weight excluding hydrogens is 328 g/mol. The van der Waals surface area contributed by atoms with Crippen molar-refractivity contribution >= 4 is 11.6 Å². The van der Waals surface area contributed by atoms with Gasteiger partial charge in [-0.1, -0.05) is 5.02 Å². The number of methoxy groups -OCH3 is 1. The van der Waals surface area contributed by atoms with Crippen molar-refractivity contribution < 1.29 is 48.2 Å². The Balaban J connectivity index is 0. The number of hydrogen-bond acceptors (Lipinski definition) is 1. The van der Waals surface area contributed by atoms with Crippen LogP contribution in [0.1, 0.15) is 0 Å². The zero-order valence-corrected chi connectivity index (χ0v) is 12.0. The predicted molar refractivity (Wildman–Crippen MR) is 36.8 cm³/mol. The summed E-state index contributed by atoms with van der Waals surface area (Å²) in [5.74, 6) is 0.669. The molecular formula is C7H6ClIOZn. The van der Waals surface area contributed by atoms with Crippen molar-refractivity contribution in [3.8, 4) is 5.75 Å². The average Bonchev–Trinajstić information content (AvgIpc) is 1.88. The molecule has 0 spiro atoms. The summed E-state index contributed by atoms with van der Waals surface area (Å²) in [7, 11) is 1.59. The van der Waals surface area contributed by atoms with Crippen LogP contribution in [0.25, 0.3) is 0 Å². The SMILES string of the molecule is COc1[c-]ccc(Cl)c1.[I-].[Zn+2]. The van der Waals surface area contributed by atoms with Crippen molar-refractivity contribution in [3.63, 3.8) is 0 Å². The van der Waals surface area contributed by atoms with Crippen molar-refractivity contribution in [2.75, 3.05) is 7.11 Å². The topological polar surface area (TPSA) is 9.23 Å². The molecule has 1 rings (SSSR count). The fraction of sp³-hybridized carbons (Fsp3) is 0.143. The number of benzene rings is 1. The number of ether oxygens (including phenoxy) is 1. The minimum atomic E-state index is 0.